The summed E-state index contributed by atoms with van der Waals surface area (Å²) in [5, 5.41) is 15.9. The highest BCUT2D eigenvalue weighted by Gasteiger charge is 2.41. The van der Waals surface area contributed by atoms with Crippen molar-refractivity contribution in [2.24, 2.45) is 0 Å². The quantitative estimate of drug-likeness (QED) is 0.482. The summed E-state index contributed by atoms with van der Waals surface area (Å²) in [6.07, 6.45) is -1.32. The third-order valence-corrected chi connectivity index (χ3v) is 4.64. The smallest absolute Gasteiger partial charge is 0.434 e. The summed E-state index contributed by atoms with van der Waals surface area (Å²) in [4.78, 5) is 20.9. The number of carbonyl (C=O) groups is 1. The zero-order valence-corrected chi connectivity index (χ0v) is 17.1. The van der Waals surface area contributed by atoms with E-state index in [1.165, 1.54) is 24.5 Å². The lowest BCUT2D eigenvalue weighted by molar-refractivity contribution is -0.143. The van der Waals surface area contributed by atoms with Crippen molar-refractivity contribution in [1.82, 2.24) is 19.7 Å². The molecule has 0 unspecified atom stereocenters. The van der Waals surface area contributed by atoms with Gasteiger partial charge in [0.2, 0.25) is 5.88 Å². The number of nitriles is 1. The van der Waals surface area contributed by atoms with Gasteiger partial charge in [-0.15, -0.1) is 0 Å². The van der Waals surface area contributed by atoms with Gasteiger partial charge in [-0.2, -0.15) is 23.5 Å². The van der Waals surface area contributed by atoms with Gasteiger partial charge in [0.05, 0.1) is 41.5 Å². The van der Waals surface area contributed by atoms with E-state index in [2.05, 4.69) is 20.4 Å². The van der Waals surface area contributed by atoms with Gasteiger partial charge in [0, 0.05) is 11.6 Å². The molecule has 0 spiro atoms. The maximum atomic E-state index is 14.1. The summed E-state index contributed by atoms with van der Waals surface area (Å²) in [5.41, 5.74) is -1.25. The van der Waals surface area contributed by atoms with Gasteiger partial charge in [-0.05, 0) is 37.3 Å². The summed E-state index contributed by atoms with van der Waals surface area (Å²) in [6, 6.07) is 11.0. The highest BCUT2D eigenvalue weighted by molar-refractivity contribution is 6.05. The largest absolute Gasteiger partial charge is 0.477 e. The molecule has 0 saturated heterocycles. The molecule has 0 bridgehead atoms. The molecule has 0 radical (unpaired) electrons. The van der Waals surface area contributed by atoms with Crippen LogP contribution in [0.15, 0.2) is 55.0 Å². The molecule has 11 heteroatoms. The van der Waals surface area contributed by atoms with Crippen LogP contribution in [0.25, 0.3) is 16.6 Å². The minimum absolute atomic E-state index is 0.0321. The zero-order valence-electron chi connectivity index (χ0n) is 17.1. The molecule has 33 heavy (non-hydrogen) atoms. The van der Waals surface area contributed by atoms with Gasteiger partial charge in [-0.3, -0.25) is 9.78 Å². The Morgan fingerprint density at radius 3 is 2.76 bits per heavy atom. The number of nitrogens with one attached hydrogen (secondary N) is 1. The summed E-state index contributed by atoms with van der Waals surface area (Å²) in [6.45, 7) is 1.98. The Morgan fingerprint density at radius 2 is 2.03 bits per heavy atom. The van der Waals surface area contributed by atoms with E-state index in [9.17, 15) is 23.2 Å². The molecule has 1 amide bonds. The van der Waals surface area contributed by atoms with Gasteiger partial charge in [0.15, 0.2) is 5.69 Å². The minimum atomic E-state index is -4.89. The first-order chi connectivity index (χ1) is 15.8. The first-order valence-electron chi connectivity index (χ1n) is 9.67. The van der Waals surface area contributed by atoms with Crippen LogP contribution in [0.1, 0.15) is 28.5 Å². The van der Waals surface area contributed by atoms with E-state index in [0.29, 0.717) is 15.6 Å². The predicted molar refractivity (Wildman–Crippen MR) is 112 cm³/mol. The Morgan fingerprint density at radius 1 is 1.21 bits per heavy atom. The maximum absolute atomic E-state index is 14.1. The van der Waals surface area contributed by atoms with Crippen molar-refractivity contribution in [1.29, 1.82) is 5.26 Å². The second kappa shape index (κ2) is 8.58. The van der Waals surface area contributed by atoms with Gasteiger partial charge >= 0.3 is 6.18 Å². The maximum Gasteiger partial charge on any atom is 0.434 e. The highest BCUT2D eigenvalue weighted by atomic mass is 19.4. The molecular formula is C22H15F3N6O2. The lowest BCUT2D eigenvalue weighted by Gasteiger charge is -2.14. The normalized spacial score (nSPS) is 11.2. The fourth-order valence-electron chi connectivity index (χ4n) is 3.29. The first kappa shape index (κ1) is 21.8. The van der Waals surface area contributed by atoms with Crippen LogP contribution < -0.4 is 10.1 Å². The highest BCUT2D eigenvalue weighted by Crippen LogP contribution is 2.35. The molecule has 3 heterocycles. The Bertz CT molecular complexity index is 1390. The molecule has 0 fully saturated rings. The topological polar surface area (TPSA) is 106 Å². The Hall–Kier alpha value is -4.46. The van der Waals surface area contributed by atoms with Gasteiger partial charge in [0.25, 0.3) is 5.91 Å². The van der Waals surface area contributed by atoms with E-state index in [4.69, 9.17) is 4.74 Å². The minimum Gasteiger partial charge on any atom is -0.477 e. The Labute approximate surface area is 185 Å². The van der Waals surface area contributed by atoms with Crippen molar-refractivity contribution in [3.05, 3.63) is 71.8 Å². The molecule has 8 nitrogen and oxygen atoms in total. The number of pyridine rings is 2. The summed E-state index contributed by atoms with van der Waals surface area (Å²) >= 11 is 0. The molecule has 0 saturated carbocycles. The monoisotopic (exact) mass is 452 g/mol. The fourth-order valence-corrected chi connectivity index (χ4v) is 3.29. The van der Waals surface area contributed by atoms with Crippen molar-refractivity contribution in [3.63, 3.8) is 0 Å². The van der Waals surface area contributed by atoms with Crippen molar-refractivity contribution >= 4 is 22.5 Å². The second-order valence-corrected chi connectivity index (χ2v) is 6.74. The molecule has 1 aromatic carbocycles. The summed E-state index contributed by atoms with van der Waals surface area (Å²) < 4.78 is 48.1. The summed E-state index contributed by atoms with van der Waals surface area (Å²) in [7, 11) is 0. The third-order valence-electron chi connectivity index (χ3n) is 4.64. The van der Waals surface area contributed by atoms with Crippen molar-refractivity contribution in [2.45, 2.75) is 13.1 Å². The number of nitrogens with zero attached hydrogens (tertiary/aromatic N) is 5. The number of anilines is 1. The van der Waals surface area contributed by atoms with Crippen LogP contribution in [0.4, 0.5) is 18.9 Å². The molecule has 0 aliphatic rings. The van der Waals surface area contributed by atoms with E-state index < -0.39 is 23.3 Å². The van der Waals surface area contributed by atoms with Crippen molar-refractivity contribution < 1.29 is 22.7 Å². The number of benzene rings is 1. The Balaban J connectivity index is 1.76. The molecule has 1 N–H and O–H groups in total. The van der Waals surface area contributed by atoms with Gasteiger partial charge in [-0.25, -0.2) is 9.67 Å². The number of aromatic nitrogens is 4. The van der Waals surface area contributed by atoms with E-state index in [0.717, 1.165) is 6.20 Å². The molecular weight excluding hydrogens is 437 g/mol. The fraction of sp³-hybridized carbons (Fsp3) is 0.136. The van der Waals surface area contributed by atoms with Crippen LogP contribution in [-0.4, -0.2) is 32.3 Å². The molecule has 4 rings (SSSR count). The molecule has 3 aromatic heterocycles. The van der Waals surface area contributed by atoms with E-state index in [-0.39, 0.29) is 29.4 Å². The van der Waals surface area contributed by atoms with Crippen molar-refractivity contribution in [2.75, 3.05) is 11.9 Å². The van der Waals surface area contributed by atoms with Crippen LogP contribution >= 0.6 is 0 Å². The standard InChI is InChI=1S/C22H15F3N6O2/c1-2-33-21-13(10-26)9-14(11-28-21)30-20(32)16-12-29-31(19(16)22(23,24)25)18-7-3-6-17-15(18)5-4-8-27-17/h3-9,11-12H,2H2,1H3,(H,30,32). The van der Waals surface area contributed by atoms with Crippen LogP contribution in [0.3, 0.4) is 0 Å². The van der Waals surface area contributed by atoms with Crippen LogP contribution in [-0.2, 0) is 6.18 Å². The average Bonchev–Trinajstić information content (AvgIpc) is 3.26. The van der Waals surface area contributed by atoms with Gasteiger partial charge in [0.1, 0.15) is 11.6 Å². The van der Waals surface area contributed by atoms with Crippen molar-refractivity contribution in [3.8, 4) is 17.6 Å². The molecule has 0 aliphatic carbocycles. The van der Waals surface area contributed by atoms with E-state index >= 15 is 0 Å². The Kier molecular flexibility index (Phi) is 5.66. The number of hydrogen-bond donors (Lipinski definition) is 1. The number of carbonyl (C=O) groups excluding carboxylic acids is 1. The molecule has 4 aromatic rings. The third kappa shape index (κ3) is 4.18. The number of fused-ring (bicyclic) bond motifs is 1. The lowest BCUT2D eigenvalue weighted by Crippen LogP contribution is -2.21. The van der Waals surface area contributed by atoms with Gasteiger partial charge < -0.3 is 10.1 Å². The first-order valence-corrected chi connectivity index (χ1v) is 9.67. The number of halogens is 3. The van der Waals surface area contributed by atoms with Gasteiger partial charge in [-0.1, -0.05) is 6.07 Å². The summed E-state index contributed by atoms with van der Waals surface area (Å²) in [5.74, 6) is -0.992. The SMILES string of the molecule is CCOc1ncc(NC(=O)c2cnn(-c3cccc4ncccc34)c2C(F)(F)F)cc1C#N. The van der Waals surface area contributed by atoms with E-state index in [1.54, 1.807) is 31.2 Å². The number of alkyl halides is 3. The number of rotatable bonds is 5. The van der Waals surface area contributed by atoms with Crippen LogP contribution in [0.5, 0.6) is 5.88 Å². The average molecular weight is 452 g/mol. The number of ether oxygens (including phenoxy) is 1. The molecule has 0 aliphatic heterocycles. The second-order valence-electron chi connectivity index (χ2n) is 6.74. The zero-order chi connectivity index (χ0) is 23.6. The number of amides is 1. The van der Waals surface area contributed by atoms with Crippen LogP contribution in [0.2, 0.25) is 0 Å². The lowest BCUT2D eigenvalue weighted by atomic mass is 10.1. The predicted octanol–water partition coefficient (Wildman–Crippen LogP) is 4.36. The molecule has 0 atom stereocenters. The van der Waals surface area contributed by atoms with E-state index in [1.807, 2.05) is 6.07 Å². The molecule has 166 valence electrons. The number of hydrogen-bond acceptors (Lipinski definition) is 6. The van der Waals surface area contributed by atoms with Crippen LogP contribution in [0, 0.1) is 11.3 Å².